The Morgan fingerprint density at radius 1 is 1.00 bits per heavy atom. The van der Waals surface area contributed by atoms with Crippen LogP contribution in [0.5, 0.6) is 0 Å². The average molecular weight is 723 g/mol. The van der Waals surface area contributed by atoms with E-state index >= 15 is 0 Å². The summed E-state index contributed by atoms with van der Waals surface area (Å²) in [7, 11) is 0. The number of ketones is 2. The van der Waals surface area contributed by atoms with Crippen LogP contribution in [0.3, 0.4) is 0 Å². The molecular weight excluding hydrogens is 668 g/mol. The van der Waals surface area contributed by atoms with Gasteiger partial charge in [0.05, 0.1) is 18.9 Å². The van der Waals surface area contributed by atoms with Crippen LogP contribution in [0.15, 0.2) is 42.0 Å². The summed E-state index contributed by atoms with van der Waals surface area (Å²) in [4.78, 5) is 75.8. The standard InChI is InChI=1S/C40H54N2O10/c1-23(2)36(37(50)41-21-25(18-33(47)48)24-8-6-5-7-9-24)42-32(46)12-13-34(49)52-22-31(45)40(51)17-15-29-28-11-10-26-19-27(43)14-16-38(26,3)35(28)30(44)20-39(29,40)4/h5-9,19,23,25,28-30,35-36,44,51H,10-18,20-22H2,1-4H3,(H,41,50)(H,42,46)(H,47,48)/t25-,28-,29-,30+,35+,36-,38+,39+,40-/m1/s1. The van der Waals surface area contributed by atoms with E-state index in [1.54, 1.807) is 44.2 Å². The molecule has 0 saturated heterocycles. The number of benzene rings is 1. The Kier molecular flexibility index (Phi) is 11.8. The third-order valence-corrected chi connectivity index (χ3v) is 12.9. The van der Waals surface area contributed by atoms with Crippen molar-refractivity contribution in [2.45, 2.75) is 116 Å². The van der Waals surface area contributed by atoms with Gasteiger partial charge in [-0.1, -0.05) is 63.6 Å². The van der Waals surface area contributed by atoms with Gasteiger partial charge in [-0.05, 0) is 79.3 Å². The Morgan fingerprint density at radius 2 is 1.71 bits per heavy atom. The van der Waals surface area contributed by atoms with Gasteiger partial charge < -0.3 is 30.7 Å². The maximum absolute atomic E-state index is 13.6. The van der Waals surface area contributed by atoms with Crippen LogP contribution in [0.2, 0.25) is 0 Å². The van der Waals surface area contributed by atoms with Crippen LogP contribution in [0.25, 0.3) is 0 Å². The number of carbonyl (C=O) groups excluding carboxylic acids is 5. The minimum Gasteiger partial charge on any atom is -0.481 e. The number of allylic oxidation sites excluding steroid dienone is 1. The van der Waals surface area contributed by atoms with E-state index in [0.29, 0.717) is 19.3 Å². The van der Waals surface area contributed by atoms with Gasteiger partial charge in [0, 0.05) is 30.7 Å². The lowest BCUT2D eigenvalue weighted by Crippen LogP contribution is -2.62. The van der Waals surface area contributed by atoms with Crippen molar-refractivity contribution in [1.82, 2.24) is 10.6 Å². The van der Waals surface area contributed by atoms with Crippen LogP contribution in [0.1, 0.15) is 103 Å². The second kappa shape index (κ2) is 15.6. The van der Waals surface area contributed by atoms with E-state index in [1.165, 1.54) is 0 Å². The van der Waals surface area contributed by atoms with Gasteiger partial charge in [0.25, 0.3) is 0 Å². The fourth-order valence-corrected chi connectivity index (χ4v) is 10.1. The predicted molar refractivity (Wildman–Crippen MR) is 189 cm³/mol. The Hall–Kier alpha value is -3.90. The van der Waals surface area contributed by atoms with E-state index in [9.17, 15) is 44.1 Å². The van der Waals surface area contributed by atoms with E-state index in [2.05, 4.69) is 17.6 Å². The van der Waals surface area contributed by atoms with Crippen LogP contribution in [-0.4, -0.2) is 81.5 Å². The van der Waals surface area contributed by atoms with E-state index < -0.39 is 65.2 Å². The summed E-state index contributed by atoms with van der Waals surface area (Å²) < 4.78 is 5.27. The second-order valence-electron chi connectivity index (χ2n) is 16.3. The summed E-state index contributed by atoms with van der Waals surface area (Å²) >= 11 is 0. The van der Waals surface area contributed by atoms with Gasteiger partial charge in [-0.3, -0.25) is 28.8 Å². The number of esters is 1. The first kappa shape index (κ1) is 39.3. The molecule has 5 rings (SSSR count). The summed E-state index contributed by atoms with van der Waals surface area (Å²) in [6.45, 7) is 6.90. The van der Waals surface area contributed by atoms with Gasteiger partial charge in [-0.25, -0.2) is 0 Å². The molecule has 5 N–H and O–H groups in total. The number of rotatable bonds is 14. The summed E-state index contributed by atoms with van der Waals surface area (Å²) in [6, 6.07) is 8.04. The van der Waals surface area contributed by atoms with Crippen LogP contribution in [0, 0.1) is 34.5 Å². The highest BCUT2D eigenvalue weighted by Gasteiger charge is 2.68. The highest BCUT2D eigenvalue weighted by molar-refractivity contribution is 5.93. The number of aliphatic carboxylic acids is 1. The molecule has 12 nitrogen and oxygen atoms in total. The Labute approximate surface area is 305 Å². The number of hydrogen-bond donors (Lipinski definition) is 5. The minimum absolute atomic E-state index is 0.0160. The number of ether oxygens (including phenoxy) is 1. The number of amides is 2. The monoisotopic (exact) mass is 722 g/mol. The van der Waals surface area contributed by atoms with Gasteiger partial charge in [0.2, 0.25) is 17.6 Å². The normalized spacial score (nSPS) is 32.0. The Bertz CT molecular complexity index is 1590. The van der Waals surface area contributed by atoms with E-state index in [1.807, 2.05) is 13.0 Å². The molecule has 52 heavy (non-hydrogen) atoms. The highest BCUT2D eigenvalue weighted by Crippen LogP contribution is 2.67. The van der Waals surface area contributed by atoms with Gasteiger partial charge >= 0.3 is 11.9 Å². The lowest BCUT2D eigenvalue weighted by atomic mass is 9.45. The summed E-state index contributed by atoms with van der Waals surface area (Å²) in [5, 5.41) is 38.3. The molecule has 3 fully saturated rings. The number of aliphatic hydroxyl groups excluding tert-OH is 1. The van der Waals surface area contributed by atoms with E-state index in [-0.39, 0.29) is 73.5 Å². The number of hydrogen-bond acceptors (Lipinski definition) is 9. The van der Waals surface area contributed by atoms with Crippen LogP contribution >= 0.6 is 0 Å². The number of Topliss-reactive ketones (excluding diaryl/α,β-unsaturated/α-hetero) is 1. The zero-order chi connectivity index (χ0) is 38.0. The molecular formula is C40H54N2O10. The fourth-order valence-electron chi connectivity index (χ4n) is 10.1. The molecule has 0 aromatic heterocycles. The zero-order valence-electron chi connectivity index (χ0n) is 30.7. The number of aliphatic hydroxyl groups is 2. The van der Waals surface area contributed by atoms with Crippen LogP contribution < -0.4 is 10.6 Å². The summed E-state index contributed by atoms with van der Waals surface area (Å²) in [6.07, 6.45) is 3.86. The number of carboxylic acid groups (broad SMARTS) is 1. The molecule has 0 heterocycles. The summed E-state index contributed by atoms with van der Waals surface area (Å²) in [5.74, 6) is -4.12. The van der Waals surface area contributed by atoms with Crippen molar-refractivity contribution in [1.29, 1.82) is 0 Å². The molecule has 4 aliphatic carbocycles. The third-order valence-electron chi connectivity index (χ3n) is 12.9. The van der Waals surface area contributed by atoms with Crippen LogP contribution in [-0.2, 0) is 33.5 Å². The largest absolute Gasteiger partial charge is 0.481 e. The molecule has 9 atom stereocenters. The van der Waals surface area contributed by atoms with Gasteiger partial charge in [-0.2, -0.15) is 0 Å². The predicted octanol–water partition coefficient (Wildman–Crippen LogP) is 3.63. The van der Waals surface area contributed by atoms with Crippen molar-refractivity contribution in [3.63, 3.8) is 0 Å². The molecule has 4 aliphatic rings. The van der Waals surface area contributed by atoms with Gasteiger partial charge in [-0.15, -0.1) is 0 Å². The third kappa shape index (κ3) is 7.74. The molecule has 0 spiro atoms. The first-order valence-corrected chi connectivity index (χ1v) is 18.7. The molecule has 3 saturated carbocycles. The lowest BCUT2D eigenvalue weighted by Gasteiger charge is -2.60. The zero-order valence-corrected chi connectivity index (χ0v) is 30.7. The quantitative estimate of drug-likeness (QED) is 0.177. The summed E-state index contributed by atoms with van der Waals surface area (Å²) in [5.41, 5.74) is -1.13. The highest BCUT2D eigenvalue weighted by atomic mass is 16.5. The fraction of sp³-hybridized carbons (Fsp3) is 0.650. The van der Waals surface area contributed by atoms with Gasteiger partial charge in [0.15, 0.2) is 12.4 Å². The Morgan fingerprint density at radius 3 is 2.38 bits per heavy atom. The molecule has 2 amide bonds. The van der Waals surface area contributed by atoms with Crippen LogP contribution in [0.4, 0.5) is 0 Å². The number of carbonyl (C=O) groups is 6. The molecule has 0 unspecified atom stereocenters. The molecule has 1 aromatic rings. The average Bonchev–Trinajstić information content (AvgIpc) is 3.37. The van der Waals surface area contributed by atoms with Crippen molar-refractivity contribution in [2.24, 2.45) is 34.5 Å². The first-order chi connectivity index (χ1) is 24.5. The maximum atomic E-state index is 13.6. The Balaban J connectivity index is 1.12. The molecule has 0 radical (unpaired) electrons. The number of nitrogens with one attached hydrogen (secondary N) is 2. The second-order valence-corrected chi connectivity index (χ2v) is 16.3. The SMILES string of the molecule is CC(C)[C@@H](NC(=O)CCC(=O)OCC(=O)[C@]1(O)CC[C@@H]2[C@H]3CCC4=CC(=O)CC[C@]4(C)[C@@H]3[C@@H](O)C[C@@]21C)C(=O)NC[C@@H](CC(=O)O)c1ccccc1. The molecule has 0 aliphatic heterocycles. The topological polar surface area (TPSA) is 196 Å². The maximum Gasteiger partial charge on any atom is 0.306 e. The van der Waals surface area contributed by atoms with Crippen molar-refractivity contribution in [2.75, 3.05) is 13.2 Å². The van der Waals surface area contributed by atoms with Crippen molar-refractivity contribution in [3.05, 3.63) is 47.5 Å². The van der Waals surface area contributed by atoms with Crippen molar-refractivity contribution in [3.8, 4) is 0 Å². The van der Waals surface area contributed by atoms with E-state index in [4.69, 9.17) is 4.74 Å². The van der Waals surface area contributed by atoms with Crippen molar-refractivity contribution >= 4 is 35.3 Å². The molecule has 0 bridgehead atoms. The molecule has 284 valence electrons. The minimum atomic E-state index is -1.79. The first-order valence-electron chi connectivity index (χ1n) is 18.7. The molecule has 12 heteroatoms. The molecule has 1 aromatic carbocycles. The van der Waals surface area contributed by atoms with E-state index in [0.717, 1.165) is 24.0 Å². The lowest BCUT2D eigenvalue weighted by molar-refractivity contribution is -0.184. The smallest absolute Gasteiger partial charge is 0.306 e. The van der Waals surface area contributed by atoms with Crippen molar-refractivity contribution < 1.29 is 48.8 Å². The van der Waals surface area contributed by atoms with Gasteiger partial charge in [0.1, 0.15) is 11.6 Å². The number of fused-ring (bicyclic) bond motifs is 5. The number of carboxylic acids is 1.